The van der Waals surface area contributed by atoms with E-state index in [0.717, 1.165) is 0 Å². The monoisotopic (exact) mass is 405 g/mol. The predicted molar refractivity (Wildman–Crippen MR) is 95.0 cm³/mol. The van der Waals surface area contributed by atoms with Gasteiger partial charge in [0.25, 0.3) is 11.4 Å². The van der Waals surface area contributed by atoms with Crippen LogP contribution < -0.4 is 5.56 Å². The summed E-state index contributed by atoms with van der Waals surface area (Å²) in [5.41, 5.74) is -1.79. The molecule has 1 N–H and O–H groups in total. The molecule has 0 amide bonds. The number of fused-ring (bicyclic) bond motifs is 1. The minimum absolute atomic E-state index is 0.0321. The van der Waals surface area contributed by atoms with Crippen LogP contribution in [-0.4, -0.2) is 31.9 Å². The van der Waals surface area contributed by atoms with Crippen LogP contribution in [0.1, 0.15) is 17.3 Å². The number of aromatic nitrogens is 5. The Hall–Kier alpha value is -3.47. The molecule has 0 unspecified atom stereocenters. The Morgan fingerprint density at radius 2 is 1.90 bits per heavy atom. The fourth-order valence-corrected chi connectivity index (χ4v) is 3.05. The fourth-order valence-electron chi connectivity index (χ4n) is 3.05. The van der Waals surface area contributed by atoms with Crippen LogP contribution in [0, 0.1) is 6.92 Å². The van der Waals surface area contributed by atoms with Crippen molar-refractivity contribution in [1.29, 1.82) is 0 Å². The number of methoxy groups -OCH3 is 1. The zero-order chi connectivity index (χ0) is 20.8. The molecule has 0 radical (unpaired) electrons. The first-order chi connectivity index (χ1) is 13.8. The minimum Gasteiger partial charge on any atom is -0.418 e. The second-order valence-corrected chi connectivity index (χ2v) is 6.21. The normalized spacial score (nSPS) is 12.0. The van der Waals surface area contributed by atoms with E-state index < -0.39 is 17.4 Å². The Labute approximate surface area is 161 Å². The standard InChI is InChI=1S/C18H14F3N5O3/c1-9-12(16-24-23-11(29-16)8-28-2)17(27)26-15(22-9)13(10-6-4-3-5-7-10)14(25-26)18(19,20)21/h3-7,22H,8H2,1-2H3. The first kappa shape index (κ1) is 18.9. The number of rotatable bonds is 4. The highest BCUT2D eigenvalue weighted by Crippen LogP contribution is 2.38. The highest BCUT2D eigenvalue weighted by atomic mass is 19.4. The number of aromatic amines is 1. The number of halogens is 3. The third kappa shape index (κ3) is 3.18. The molecule has 11 heteroatoms. The number of benzene rings is 1. The van der Waals surface area contributed by atoms with Gasteiger partial charge < -0.3 is 14.1 Å². The summed E-state index contributed by atoms with van der Waals surface area (Å²) in [4.78, 5) is 15.8. The zero-order valence-corrected chi connectivity index (χ0v) is 15.2. The van der Waals surface area contributed by atoms with E-state index >= 15 is 0 Å². The Morgan fingerprint density at radius 3 is 2.55 bits per heavy atom. The largest absolute Gasteiger partial charge is 0.435 e. The molecule has 0 bridgehead atoms. The quantitative estimate of drug-likeness (QED) is 0.560. The highest BCUT2D eigenvalue weighted by molar-refractivity contribution is 5.81. The van der Waals surface area contributed by atoms with Gasteiger partial charge in [0, 0.05) is 12.8 Å². The number of H-pyrrole nitrogens is 1. The smallest absolute Gasteiger partial charge is 0.418 e. The van der Waals surface area contributed by atoms with Gasteiger partial charge in [-0.3, -0.25) is 4.79 Å². The van der Waals surface area contributed by atoms with Crippen LogP contribution in [0.25, 0.3) is 28.2 Å². The van der Waals surface area contributed by atoms with Crippen molar-refractivity contribution in [3.8, 4) is 22.6 Å². The van der Waals surface area contributed by atoms with Crippen molar-refractivity contribution in [2.24, 2.45) is 0 Å². The van der Waals surface area contributed by atoms with E-state index in [9.17, 15) is 18.0 Å². The maximum Gasteiger partial charge on any atom is 0.435 e. The van der Waals surface area contributed by atoms with Crippen LogP contribution in [0.4, 0.5) is 13.2 Å². The third-order valence-electron chi connectivity index (χ3n) is 4.25. The highest BCUT2D eigenvalue weighted by Gasteiger charge is 2.39. The number of aryl methyl sites for hydroxylation is 1. The second-order valence-electron chi connectivity index (χ2n) is 6.21. The number of nitrogens with zero attached hydrogens (tertiary/aromatic N) is 4. The molecular weight excluding hydrogens is 391 g/mol. The van der Waals surface area contributed by atoms with E-state index in [-0.39, 0.29) is 46.4 Å². The van der Waals surface area contributed by atoms with Gasteiger partial charge in [-0.05, 0) is 12.5 Å². The van der Waals surface area contributed by atoms with Crippen molar-refractivity contribution in [1.82, 2.24) is 24.8 Å². The van der Waals surface area contributed by atoms with Crippen molar-refractivity contribution >= 4 is 5.65 Å². The predicted octanol–water partition coefficient (Wildman–Crippen LogP) is 3.21. The van der Waals surface area contributed by atoms with E-state index in [1.165, 1.54) is 26.2 Å². The van der Waals surface area contributed by atoms with E-state index in [2.05, 4.69) is 20.3 Å². The molecule has 3 heterocycles. The summed E-state index contributed by atoms with van der Waals surface area (Å²) in [5, 5.41) is 11.1. The summed E-state index contributed by atoms with van der Waals surface area (Å²) >= 11 is 0. The first-order valence-corrected chi connectivity index (χ1v) is 8.41. The molecular formula is C18H14F3N5O3. The molecule has 0 aliphatic carbocycles. The molecule has 0 spiro atoms. The van der Waals surface area contributed by atoms with Crippen molar-refractivity contribution in [2.75, 3.05) is 7.11 Å². The average molecular weight is 405 g/mol. The van der Waals surface area contributed by atoms with Crippen molar-refractivity contribution in [3.63, 3.8) is 0 Å². The van der Waals surface area contributed by atoms with Gasteiger partial charge in [-0.25, -0.2) is 0 Å². The molecule has 0 fully saturated rings. The first-order valence-electron chi connectivity index (χ1n) is 8.41. The van der Waals surface area contributed by atoms with E-state index in [4.69, 9.17) is 9.15 Å². The number of alkyl halides is 3. The second kappa shape index (κ2) is 6.85. The Balaban J connectivity index is 2.02. The maximum atomic E-state index is 13.7. The molecule has 8 nitrogen and oxygen atoms in total. The Bertz CT molecular complexity index is 1240. The van der Waals surface area contributed by atoms with Crippen LogP contribution in [0.2, 0.25) is 0 Å². The van der Waals surface area contributed by atoms with Crippen molar-refractivity contribution in [3.05, 3.63) is 58.0 Å². The lowest BCUT2D eigenvalue weighted by atomic mass is 10.1. The van der Waals surface area contributed by atoms with Crippen LogP contribution in [0.3, 0.4) is 0 Å². The summed E-state index contributed by atoms with van der Waals surface area (Å²) in [6.45, 7) is 1.57. The van der Waals surface area contributed by atoms with E-state index in [0.29, 0.717) is 4.52 Å². The SMILES string of the molecule is COCc1nnc(-c2c(C)[nH]c3c(-c4ccccc4)c(C(F)(F)F)nn3c2=O)o1. The van der Waals surface area contributed by atoms with E-state index in [1.807, 2.05) is 0 Å². The fraction of sp³-hybridized carbons (Fsp3) is 0.222. The molecule has 0 aliphatic heterocycles. The third-order valence-corrected chi connectivity index (χ3v) is 4.25. The summed E-state index contributed by atoms with van der Waals surface area (Å²) in [6.07, 6.45) is -4.76. The van der Waals surface area contributed by atoms with Crippen LogP contribution in [0.5, 0.6) is 0 Å². The van der Waals surface area contributed by atoms with Gasteiger partial charge >= 0.3 is 6.18 Å². The van der Waals surface area contributed by atoms with Gasteiger partial charge in [0.1, 0.15) is 17.8 Å². The minimum atomic E-state index is -4.76. The molecule has 1 aromatic carbocycles. The lowest BCUT2D eigenvalue weighted by Crippen LogP contribution is -2.20. The van der Waals surface area contributed by atoms with E-state index in [1.54, 1.807) is 18.2 Å². The van der Waals surface area contributed by atoms with Crippen molar-refractivity contribution < 1.29 is 22.3 Å². The van der Waals surface area contributed by atoms with Crippen molar-refractivity contribution in [2.45, 2.75) is 19.7 Å². The topological polar surface area (TPSA) is 98.3 Å². The summed E-state index contributed by atoms with van der Waals surface area (Å²) in [7, 11) is 1.43. The number of hydrogen-bond donors (Lipinski definition) is 1. The van der Waals surface area contributed by atoms with Crippen LogP contribution in [0.15, 0.2) is 39.5 Å². The lowest BCUT2D eigenvalue weighted by molar-refractivity contribution is -0.140. The maximum absolute atomic E-state index is 13.7. The summed E-state index contributed by atoms with van der Waals surface area (Å²) < 4.78 is 52.0. The molecule has 0 saturated carbocycles. The summed E-state index contributed by atoms with van der Waals surface area (Å²) in [6, 6.07) is 7.93. The van der Waals surface area contributed by atoms with Gasteiger partial charge in [0.05, 0.1) is 5.56 Å². The van der Waals surface area contributed by atoms with Crippen LogP contribution >= 0.6 is 0 Å². The van der Waals surface area contributed by atoms with Gasteiger partial charge in [-0.2, -0.15) is 22.8 Å². The molecule has 0 atom stereocenters. The Kier molecular flexibility index (Phi) is 4.46. The molecule has 4 rings (SSSR count). The van der Waals surface area contributed by atoms with Crippen LogP contribution in [-0.2, 0) is 17.5 Å². The Morgan fingerprint density at radius 1 is 1.17 bits per heavy atom. The number of nitrogens with one attached hydrogen (secondary N) is 1. The molecule has 29 heavy (non-hydrogen) atoms. The number of hydrogen-bond acceptors (Lipinski definition) is 6. The van der Waals surface area contributed by atoms with Gasteiger partial charge in [-0.15, -0.1) is 10.2 Å². The molecule has 0 aliphatic rings. The zero-order valence-electron chi connectivity index (χ0n) is 15.2. The van der Waals surface area contributed by atoms with Gasteiger partial charge in [0.2, 0.25) is 5.89 Å². The van der Waals surface area contributed by atoms with Gasteiger partial charge in [-0.1, -0.05) is 30.3 Å². The number of ether oxygens (including phenoxy) is 1. The average Bonchev–Trinajstić information content (AvgIpc) is 3.27. The lowest BCUT2D eigenvalue weighted by Gasteiger charge is -2.07. The molecule has 150 valence electrons. The molecule has 3 aromatic heterocycles. The molecule has 4 aromatic rings. The summed E-state index contributed by atoms with van der Waals surface area (Å²) in [5.74, 6) is -0.00848. The molecule has 0 saturated heterocycles. The van der Waals surface area contributed by atoms with Gasteiger partial charge in [0.15, 0.2) is 5.69 Å².